The van der Waals surface area contributed by atoms with E-state index in [-0.39, 0.29) is 16.2 Å². The highest BCUT2D eigenvalue weighted by Gasteiger charge is 2.19. The van der Waals surface area contributed by atoms with E-state index in [9.17, 15) is 13.2 Å². The molecule has 0 bridgehead atoms. The minimum Gasteiger partial charge on any atom is -0.493 e. The lowest BCUT2D eigenvalue weighted by Crippen LogP contribution is -2.17. The minimum atomic E-state index is -3.45. The first-order valence-corrected chi connectivity index (χ1v) is 12.0. The van der Waals surface area contributed by atoms with Crippen molar-refractivity contribution in [3.63, 3.8) is 0 Å². The van der Waals surface area contributed by atoms with Crippen LogP contribution in [0.25, 0.3) is 32.4 Å². The number of ether oxygens (including phenoxy) is 1. The van der Waals surface area contributed by atoms with Gasteiger partial charge in [-0.2, -0.15) is 5.10 Å². The molecule has 0 aliphatic rings. The zero-order chi connectivity index (χ0) is 23.8. The summed E-state index contributed by atoms with van der Waals surface area (Å²) >= 11 is 0. The molecule has 0 amide bonds. The van der Waals surface area contributed by atoms with Crippen molar-refractivity contribution in [1.29, 1.82) is 0 Å². The SMILES string of the molecule is [C-]#[N+]c1cnn(-c2ccc3c(=O)n(C)cc(-c4cc(S(=O)(=O)CC)ccc4OCC)c3c2)c1. The first-order valence-electron chi connectivity index (χ1n) is 10.3. The first kappa shape index (κ1) is 22.3. The second kappa shape index (κ2) is 8.56. The van der Waals surface area contributed by atoms with Gasteiger partial charge in [-0.05, 0) is 48.7 Å². The van der Waals surface area contributed by atoms with E-state index in [0.29, 0.717) is 45.6 Å². The minimum absolute atomic E-state index is 0.0265. The third kappa shape index (κ3) is 4.01. The first-order chi connectivity index (χ1) is 15.8. The van der Waals surface area contributed by atoms with Crippen LogP contribution in [0.4, 0.5) is 5.69 Å². The smallest absolute Gasteiger partial charge is 0.258 e. The molecule has 33 heavy (non-hydrogen) atoms. The van der Waals surface area contributed by atoms with Crippen LogP contribution in [-0.2, 0) is 16.9 Å². The number of pyridine rings is 1. The summed E-state index contributed by atoms with van der Waals surface area (Å²) in [6.07, 6.45) is 4.76. The predicted molar refractivity (Wildman–Crippen MR) is 127 cm³/mol. The molecule has 2 aromatic carbocycles. The van der Waals surface area contributed by atoms with Crippen molar-refractivity contribution < 1.29 is 13.2 Å². The van der Waals surface area contributed by atoms with Crippen LogP contribution in [0.1, 0.15) is 13.8 Å². The van der Waals surface area contributed by atoms with Crippen LogP contribution in [0, 0.1) is 6.57 Å². The molecule has 0 radical (unpaired) electrons. The molecule has 0 unspecified atom stereocenters. The van der Waals surface area contributed by atoms with E-state index in [4.69, 9.17) is 11.3 Å². The molecular formula is C24H22N4O4S. The number of hydrogen-bond donors (Lipinski definition) is 0. The Labute approximate surface area is 191 Å². The summed E-state index contributed by atoms with van der Waals surface area (Å²) in [5.74, 6) is 0.494. The van der Waals surface area contributed by atoms with Gasteiger partial charge in [0.15, 0.2) is 9.84 Å². The largest absolute Gasteiger partial charge is 0.493 e. The molecule has 0 saturated heterocycles. The third-order valence-electron chi connectivity index (χ3n) is 5.41. The van der Waals surface area contributed by atoms with Crippen molar-refractivity contribution in [2.75, 3.05) is 12.4 Å². The number of fused-ring (bicyclic) bond motifs is 1. The highest BCUT2D eigenvalue weighted by molar-refractivity contribution is 7.91. The maximum atomic E-state index is 12.9. The van der Waals surface area contributed by atoms with Gasteiger partial charge in [0, 0.05) is 36.0 Å². The Kier molecular flexibility index (Phi) is 5.78. The van der Waals surface area contributed by atoms with Gasteiger partial charge in [-0.3, -0.25) is 9.48 Å². The molecule has 2 aromatic heterocycles. The molecule has 2 heterocycles. The zero-order valence-corrected chi connectivity index (χ0v) is 19.3. The Morgan fingerprint density at radius 3 is 2.52 bits per heavy atom. The molecule has 0 atom stereocenters. The molecule has 4 rings (SSSR count). The molecule has 0 spiro atoms. The van der Waals surface area contributed by atoms with E-state index in [1.807, 2.05) is 13.0 Å². The van der Waals surface area contributed by atoms with E-state index < -0.39 is 9.84 Å². The standard InChI is InChI=1S/C24H22N4O4S/c1-5-32-23-10-8-18(33(30,31)6-2)12-21(23)22-15-27(4)24(29)19-9-7-17(11-20(19)22)28-14-16(25-3)13-26-28/h7-15H,5-6H2,1-2,4H3. The number of sulfone groups is 1. The Morgan fingerprint density at radius 2 is 1.85 bits per heavy atom. The second-order valence-electron chi connectivity index (χ2n) is 7.44. The Hall–Kier alpha value is -3.90. The van der Waals surface area contributed by atoms with E-state index in [1.54, 1.807) is 61.4 Å². The summed E-state index contributed by atoms with van der Waals surface area (Å²) < 4.78 is 34.0. The third-order valence-corrected chi connectivity index (χ3v) is 7.14. The van der Waals surface area contributed by atoms with Gasteiger partial charge >= 0.3 is 0 Å². The van der Waals surface area contributed by atoms with Gasteiger partial charge in [0.2, 0.25) is 5.69 Å². The summed E-state index contributed by atoms with van der Waals surface area (Å²) in [7, 11) is -1.80. The Bertz CT molecular complexity index is 1580. The van der Waals surface area contributed by atoms with E-state index >= 15 is 0 Å². The lowest BCUT2D eigenvalue weighted by atomic mass is 9.99. The summed E-state index contributed by atoms with van der Waals surface area (Å²) in [5.41, 5.74) is 2.12. The lowest BCUT2D eigenvalue weighted by molar-refractivity contribution is 0.341. The summed E-state index contributed by atoms with van der Waals surface area (Å²) in [5, 5.41) is 5.33. The van der Waals surface area contributed by atoms with Crippen molar-refractivity contribution in [1.82, 2.24) is 14.3 Å². The molecule has 0 N–H and O–H groups in total. The molecule has 0 fully saturated rings. The average molecular weight is 463 g/mol. The Morgan fingerprint density at radius 1 is 1.06 bits per heavy atom. The normalized spacial score (nSPS) is 11.5. The number of aryl methyl sites for hydroxylation is 1. The van der Waals surface area contributed by atoms with Gasteiger partial charge in [-0.25, -0.2) is 13.3 Å². The van der Waals surface area contributed by atoms with Gasteiger partial charge in [-0.15, -0.1) is 0 Å². The van der Waals surface area contributed by atoms with Crippen molar-refractivity contribution >= 4 is 26.3 Å². The van der Waals surface area contributed by atoms with Gasteiger partial charge < -0.3 is 9.30 Å². The fourth-order valence-electron chi connectivity index (χ4n) is 3.68. The molecule has 9 heteroatoms. The number of benzene rings is 2. The fourth-order valence-corrected chi connectivity index (χ4v) is 4.59. The highest BCUT2D eigenvalue weighted by atomic mass is 32.2. The maximum absolute atomic E-state index is 12.9. The lowest BCUT2D eigenvalue weighted by Gasteiger charge is -2.16. The van der Waals surface area contributed by atoms with E-state index in [1.165, 1.54) is 10.8 Å². The molecule has 0 saturated carbocycles. The summed E-state index contributed by atoms with van der Waals surface area (Å²) in [4.78, 5) is 16.4. The van der Waals surface area contributed by atoms with Crippen LogP contribution in [0.2, 0.25) is 0 Å². The maximum Gasteiger partial charge on any atom is 0.258 e. The van der Waals surface area contributed by atoms with Crippen molar-refractivity contribution in [2.24, 2.45) is 7.05 Å². The van der Waals surface area contributed by atoms with Crippen LogP contribution in [0.5, 0.6) is 5.75 Å². The van der Waals surface area contributed by atoms with Crippen LogP contribution >= 0.6 is 0 Å². The topological polar surface area (TPSA) is 87.5 Å². The van der Waals surface area contributed by atoms with Crippen LogP contribution < -0.4 is 10.3 Å². The van der Waals surface area contributed by atoms with Crippen LogP contribution in [-0.4, -0.2) is 35.1 Å². The van der Waals surface area contributed by atoms with Crippen LogP contribution in [0.3, 0.4) is 0 Å². The second-order valence-corrected chi connectivity index (χ2v) is 9.72. The number of hydrogen-bond acceptors (Lipinski definition) is 5. The number of nitrogens with zero attached hydrogens (tertiary/aromatic N) is 4. The van der Waals surface area contributed by atoms with Gasteiger partial charge in [0.25, 0.3) is 5.56 Å². The molecule has 168 valence electrons. The molecule has 0 aliphatic carbocycles. The van der Waals surface area contributed by atoms with E-state index in [0.717, 1.165) is 0 Å². The fraction of sp³-hybridized carbons (Fsp3) is 0.208. The van der Waals surface area contributed by atoms with Gasteiger partial charge in [0.05, 0.1) is 35.7 Å². The van der Waals surface area contributed by atoms with Gasteiger partial charge in [-0.1, -0.05) is 6.92 Å². The van der Waals surface area contributed by atoms with Crippen molar-refractivity contribution in [3.8, 4) is 22.6 Å². The molecule has 4 aromatic rings. The number of rotatable bonds is 6. The average Bonchev–Trinajstić information content (AvgIpc) is 3.31. The monoisotopic (exact) mass is 462 g/mol. The quantitative estimate of drug-likeness (QED) is 0.402. The van der Waals surface area contributed by atoms with Crippen molar-refractivity contribution in [3.05, 3.63) is 76.8 Å². The molecule has 0 aliphatic heterocycles. The number of aromatic nitrogens is 3. The van der Waals surface area contributed by atoms with Gasteiger partial charge in [0.1, 0.15) is 5.75 Å². The predicted octanol–water partition coefficient (Wildman–Crippen LogP) is 4.13. The zero-order valence-electron chi connectivity index (χ0n) is 18.4. The summed E-state index contributed by atoms with van der Waals surface area (Å²) in [6.45, 7) is 11.0. The Balaban J connectivity index is 2.05. The summed E-state index contributed by atoms with van der Waals surface area (Å²) in [6, 6.07) is 10.1. The van der Waals surface area contributed by atoms with Crippen molar-refractivity contribution in [2.45, 2.75) is 18.7 Å². The highest BCUT2D eigenvalue weighted by Crippen LogP contribution is 2.37. The molecular weight excluding hydrogens is 440 g/mol. The molecule has 8 nitrogen and oxygen atoms in total. The van der Waals surface area contributed by atoms with E-state index in [2.05, 4.69) is 9.94 Å². The van der Waals surface area contributed by atoms with Crippen LogP contribution in [0.15, 0.2) is 64.7 Å².